The first-order valence-corrected chi connectivity index (χ1v) is 19.5. The molecular weight excluding hydrogens is 770 g/mol. The summed E-state index contributed by atoms with van der Waals surface area (Å²) >= 11 is 6.78. The maximum absolute atomic E-state index is 11.0. The number of aromatic nitrogens is 2. The van der Waals surface area contributed by atoms with Gasteiger partial charge < -0.3 is 35.1 Å². The van der Waals surface area contributed by atoms with E-state index in [-0.39, 0.29) is 32.7 Å². The smallest absolute Gasteiger partial charge is 0.306 e. The lowest BCUT2D eigenvalue weighted by molar-refractivity contribution is -0.139. The molecule has 1 atom stereocenters. The molecule has 3 aromatic carbocycles. The minimum absolute atomic E-state index is 0.0457. The lowest BCUT2D eigenvalue weighted by Crippen LogP contribution is -2.28. The molecule has 6 rings (SSSR count). The number of ether oxygens (including phenoxy) is 3. The van der Waals surface area contributed by atoms with E-state index in [4.69, 9.17) is 41.2 Å². The van der Waals surface area contributed by atoms with Gasteiger partial charge in [-0.2, -0.15) is 10.5 Å². The molecule has 0 radical (unpaired) electrons. The Labute approximate surface area is 347 Å². The van der Waals surface area contributed by atoms with E-state index < -0.39 is 12.1 Å². The monoisotopic (exact) mass is 813 g/mol. The highest BCUT2D eigenvalue weighted by Crippen LogP contribution is 2.37. The number of nitrogens with one attached hydrogen (secondary N) is 2. The summed E-state index contributed by atoms with van der Waals surface area (Å²) in [6.07, 6.45) is 2.62. The van der Waals surface area contributed by atoms with Crippen LogP contribution in [0.3, 0.4) is 0 Å². The van der Waals surface area contributed by atoms with Gasteiger partial charge in [0.05, 0.1) is 53.6 Å². The van der Waals surface area contributed by atoms with Crippen LogP contribution in [0, 0.1) is 36.5 Å². The first-order chi connectivity index (χ1) is 28.6. The number of aliphatic hydroxyl groups is 1. The number of carboxylic acid groups (broad SMARTS) is 1. The molecule has 0 unspecified atom stereocenters. The number of halogens is 1. The van der Waals surface area contributed by atoms with E-state index in [1.54, 1.807) is 24.4 Å². The van der Waals surface area contributed by atoms with Crippen LogP contribution in [0.2, 0.25) is 5.02 Å². The third-order valence-corrected chi connectivity index (χ3v) is 10.0. The van der Waals surface area contributed by atoms with Gasteiger partial charge in [0.2, 0.25) is 5.88 Å². The van der Waals surface area contributed by atoms with Gasteiger partial charge in [-0.15, -0.1) is 0 Å². The molecule has 0 bridgehead atoms. The molecule has 5 aromatic rings. The average Bonchev–Trinajstić information content (AvgIpc) is 3.77. The number of rotatable bonds is 19. The number of nitriles is 2. The van der Waals surface area contributed by atoms with E-state index >= 15 is 0 Å². The van der Waals surface area contributed by atoms with Gasteiger partial charge in [0.15, 0.2) is 0 Å². The van der Waals surface area contributed by atoms with Crippen molar-refractivity contribution in [3.05, 3.63) is 123 Å². The summed E-state index contributed by atoms with van der Waals surface area (Å²) < 4.78 is 18.7. The summed E-state index contributed by atoms with van der Waals surface area (Å²) in [6.45, 7) is 6.54. The molecule has 0 saturated heterocycles. The van der Waals surface area contributed by atoms with Crippen molar-refractivity contribution in [1.82, 2.24) is 20.6 Å². The van der Waals surface area contributed by atoms with Gasteiger partial charge in [0.25, 0.3) is 0 Å². The maximum atomic E-state index is 11.0. The molecule has 4 N–H and O–H groups in total. The largest absolute Gasteiger partial charge is 0.488 e. The number of benzene rings is 3. The maximum Gasteiger partial charge on any atom is 0.306 e. The van der Waals surface area contributed by atoms with Crippen LogP contribution in [0.4, 0.5) is 0 Å². The van der Waals surface area contributed by atoms with Crippen LogP contribution in [0.25, 0.3) is 22.4 Å². The number of pyridine rings is 2. The lowest BCUT2D eigenvalue weighted by Gasteiger charge is -2.19. The minimum atomic E-state index is -1.10. The first-order valence-electron chi connectivity index (χ1n) is 19.2. The Morgan fingerprint density at radius 2 is 1.71 bits per heavy atom. The van der Waals surface area contributed by atoms with Crippen molar-refractivity contribution in [2.24, 2.45) is 4.99 Å². The van der Waals surface area contributed by atoms with Crippen LogP contribution >= 0.6 is 11.6 Å². The number of unbranched alkanes of at least 4 members (excludes halogenated alkanes) is 1. The second-order valence-corrected chi connectivity index (χ2v) is 14.3. The average molecular weight is 814 g/mol. The second-order valence-electron chi connectivity index (χ2n) is 13.9. The molecule has 1 aliphatic heterocycles. The molecule has 59 heavy (non-hydrogen) atoms. The number of nitrogens with zero attached hydrogens (tertiary/aromatic N) is 5. The van der Waals surface area contributed by atoms with Crippen molar-refractivity contribution < 1.29 is 29.2 Å². The van der Waals surface area contributed by atoms with Crippen molar-refractivity contribution >= 4 is 23.4 Å². The highest BCUT2D eigenvalue weighted by molar-refractivity contribution is 6.32. The molecule has 3 heterocycles. The topological polar surface area (TPSA) is 195 Å². The Morgan fingerprint density at radius 3 is 2.47 bits per heavy atom. The fourth-order valence-electron chi connectivity index (χ4n) is 6.67. The predicted molar refractivity (Wildman–Crippen MR) is 223 cm³/mol. The van der Waals surface area contributed by atoms with E-state index in [0.29, 0.717) is 65.1 Å². The minimum Gasteiger partial charge on any atom is -0.488 e. The number of aliphatic hydroxyl groups excluding tert-OH is 1. The van der Waals surface area contributed by atoms with Crippen LogP contribution in [0.15, 0.2) is 84.1 Å². The van der Waals surface area contributed by atoms with Crippen LogP contribution in [-0.2, 0) is 24.6 Å². The highest BCUT2D eigenvalue weighted by Gasteiger charge is 2.20. The summed E-state index contributed by atoms with van der Waals surface area (Å²) in [5, 5.41) is 44.1. The number of carboxylic acids is 1. The number of amidine groups is 1. The predicted octanol–water partition coefficient (Wildman–Crippen LogP) is 7.07. The number of carbonyl (C=O) groups is 1. The van der Waals surface area contributed by atoms with Gasteiger partial charge in [-0.25, -0.2) is 4.98 Å². The fraction of sp³-hybridized carbons (Fsp3) is 0.289. The molecule has 0 amide bonds. The quantitative estimate of drug-likeness (QED) is 0.0621. The number of hydrogen-bond donors (Lipinski definition) is 4. The molecule has 0 saturated carbocycles. The van der Waals surface area contributed by atoms with Crippen LogP contribution in [-0.4, -0.2) is 64.3 Å². The third-order valence-electron chi connectivity index (χ3n) is 9.73. The van der Waals surface area contributed by atoms with Gasteiger partial charge in [-0.1, -0.05) is 48.0 Å². The molecule has 0 aliphatic carbocycles. The van der Waals surface area contributed by atoms with Crippen LogP contribution < -0.4 is 24.8 Å². The number of hydrogen-bond acceptors (Lipinski definition) is 12. The van der Waals surface area contributed by atoms with Gasteiger partial charge in [0, 0.05) is 61.2 Å². The summed E-state index contributed by atoms with van der Waals surface area (Å²) in [6, 6.07) is 25.6. The molecule has 1 aliphatic rings. The molecule has 13 nitrogen and oxygen atoms in total. The zero-order chi connectivity index (χ0) is 41.7. The number of aliphatic carboxylic acids is 1. The molecule has 0 spiro atoms. The summed E-state index contributed by atoms with van der Waals surface area (Å²) in [7, 11) is 0. The molecule has 0 fully saturated rings. The SMILES string of the molecule is Cc1c(COc2cc(OCc3cncc(C#N)c3)c(CNC[C@@H](O)CC(=O)O)cc2Cl)cccc1-c1cccc(-c2ccc(C3=NCCN3)c(OCCCC#N)n2)c1C. The lowest BCUT2D eigenvalue weighted by atomic mass is 9.90. The Bertz CT molecular complexity index is 2430. The Kier molecular flexibility index (Phi) is 14.5. The first kappa shape index (κ1) is 42.1. The summed E-state index contributed by atoms with van der Waals surface area (Å²) in [5.41, 5.74) is 9.36. The van der Waals surface area contributed by atoms with Crippen molar-refractivity contribution in [3.8, 4) is 51.9 Å². The Hall–Kier alpha value is -6.51. The fourth-order valence-corrected chi connectivity index (χ4v) is 6.91. The van der Waals surface area contributed by atoms with E-state index in [2.05, 4.69) is 58.7 Å². The molecule has 302 valence electrons. The van der Waals surface area contributed by atoms with Gasteiger partial charge in [-0.3, -0.25) is 14.8 Å². The highest BCUT2D eigenvalue weighted by atomic mass is 35.5. The molecule has 14 heteroatoms. The molecule has 2 aromatic heterocycles. The zero-order valence-corrected chi connectivity index (χ0v) is 33.6. The number of aliphatic imine (C=N–C) groups is 1. The second kappa shape index (κ2) is 20.3. The van der Waals surface area contributed by atoms with Gasteiger partial charge in [-0.05, 0) is 72.4 Å². The van der Waals surface area contributed by atoms with Crippen molar-refractivity contribution in [2.75, 3.05) is 26.2 Å². The van der Waals surface area contributed by atoms with E-state index in [1.807, 2.05) is 36.4 Å². The van der Waals surface area contributed by atoms with Crippen molar-refractivity contribution in [2.45, 2.75) is 59.0 Å². The molecular formula is C45H44ClN7O6. The van der Waals surface area contributed by atoms with E-state index in [9.17, 15) is 15.2 Å². The Morgan fingerprint density at radius 1 is 0.932 bits per heavy atom. The third kappa shape index (κ3) is 10.9. The van der Waals surface area contributed by atoms with Gasteiger partial charge >= 0.3 is 5.97 Å². The summed E-state index contributed by atoms with van der Waals surface area (Å²) in [4.78, 5) is 24.7. The van der Waals surface area contributed by atoms with E-state index in [0.717, 1.165) is 57.0 Å². The van der Waals surface area contributed by atoms with Crippen molar-refractivity contribution in [3.63, 3.8) is 0 Å². The van der Waals surface area contributed by atoms with Crippen molar-refractivity contribution in [1.29, 1.82) is 10.5 Å². The van der Waals surface area contributed by atoms with E-state index in [1.165, 1.54) is 6.20 Å². The zero-order valence-electron chi connectivity index (χ0n) is 32.8. The summed E-state index contributed by atoms with van der Waals surface area (Å²) in [5.74, 6) is 0.979. The van der Waals surface area contributed by atoms with Gasteiger partial charge in [0.1, 0.15) is 36.6 Å². The standard InChI is InChI=1S/C45H44ClN7O6/c1-28-32(27-59-42-20-41(58-26-31-17-30(21-48)22-49-23-31)33(18-39(42)46)24-50-25-34(54)19-43(55)56)7-5-8-35(28)36-9-6-10-37(29(36)2)40-12-11-38(44-51-14-15-52-44)45(53-40)57-16-4-3-13-47/h5-12,17-18,20,22-23,34,50,54H,3-4,14-16,19,24-27H2,1-2H3,(H,51,52)(H,55,56)/t34-/m0/s1. The van der Waals surface area contributed by atoms with Crippen LogP contribution in [0.1, 0.15) is 58.2 Å². The Balaban J connectivity index is 1.23. The normalized spacial score (nSPS) is 12.5. The van der Waals surface area contributed by atoms with Crippen LogP contribution in [0.5, 0.6) is 17.4 Å².